The minimum Gasteiger partial charge on any atom is -0.315 e. The van der Waals surface area contributed by atoms with Gasteiger partial charge in [-0.1, -0.05) is 12.5 Å². The number of nitrogens with zero attached hydrogens (tertiary/aromatic N) is 2. The van der Waals surface area contributed by atoms with Crippen LogP contribution in [0.25, 0.3) is 0 Å². The highest BCUT2D eigenvalue weighted by Crippen LogP contribution is 2.07. The molecule has 17 heavy (non-hydrogen) atoms. The molecular weight excluding hydrogens is 210 g/mol. The van der Waals surface area contributed by atoms with Gasteiger partial charge in [0, 0.05) is 37.9 Å². The van der Waals surface area contributed by atoms with E-state index in [-0.39, 0.29) is 0 Å². The van der Waals surface area contributed by atoms with Gasteiger partial charge in [-0.3, -0.25) is 4.98 Å². The third-order valence-corrected chi connectivity index (χ3v) is 3.34. The molecule has 1 saturated heterocycles. The first-order chi connectivity index (χ1) is 8.45. The predicted molar refractivity (Wildman–Crippen MR) is 71.1 cm³/mol. The van der Waals surface area contributed by atoms with Crippen molar-refractivity contribution in [2.24, 2.45) is 0 Å². The number of likely N-dealkylation sites (tertiary alicyclic amines) is 1. The lowest BCUT2D eigenvalue weighted by Gasteiger charge is -2.26. The van der Waals surface area contributed by atoms with Crippen molar-refractivity contribution >= 4 is 0 Å². The molecule has 94 valence electrons. The largest absolute Gasteiger partial charge is 0.315 e. The van der Waals surface area contributed by atoms with E-state index < -0.39 is 0 Å². The van der Waals surface area contributed by atoms with Gasteiger partial charge in [0.05, 0.1) is 0 Å². The van der Waals surface area contributed by atoms with Gasteiger partial charge in [-0.2, -0.15) is 0 Å². The van der Waals surface area contributed by atoms with Crippen LogP contribution in [0.3, 0.4) is 0 Å². The van der Waals surface area contributed by atoms with Crippen molar-refractivity contribution in [1.82, 2.24) is 15.2 Å². The summed E-state index contributed by atoms with van der Waals surface area (Å²) < 4.78 is 0. The highest BCUT2D eigenvalue weighted by atomic mass is 15.1. The molecule has 2 heterocycles. The van der Waals surface area contributed by atoms with Crippen molar-refractivity contribution in [2.45, 2.75) is 25.7 Å². The lowest BCUT2D eigenvalue weighted by Crippen LogP contribution is -2.36. The van der Waals surface area contributed by atoms with E-state index in [2.05, 4.69) is 27.3 Å². The number of nitrogens with one attached hydrogen (secondary N) is 1. The molecule has 2 rings (SSSR count). The van der Waals surface area contributed by atoms with E-state index in [0.29, 0.717) is 0 Å². The van der Waals surface area contributed by atoms with Gasteiger partial charge in [-0.15, -0.1) is 0 Å². The molecular formula is C14H23N3. The Labute approximate surface area is 104 Å². The van der Waals surface area contributed by atoms with E-state index in [4.69, 9.17) is 0 Å². The van der Waals surface area contributed by atoms with Gasteiger partial charge < -0.3 is 10.2 Å². The minimum absolute atomic E-state index is 1.03. The molecule has 1 N–H and O–H groups in total. The topological polar surface area (TPSA) is 28.2 Å². The quantitative estimate of drug-likeness (QED) is 0.758. The molecule has 0 aromatic carbocycles. The Balaban J connectivity index is 1.51. The van der Waals surface area contributed by atoms with Gasteiger partial charge in [0.25, 0.3) is 0 Å². The number of rotatable bonds is 6. The number of hydrogen-bond donors (Lipinski definition) is 1. The van der Waals surface area contributed by atoms with Gasteiger partial charge in [-0.25, -0.2) is 0 Å². The van der Waals surface area contributed by atoms with Crippen LogP contribution in [0.15, 0.2) is 24.4 Å². The molecule has 0 unspecified atom stereocenters. The second-order valence-electron chi connectivity index (χ2n) is 4.72. The summed E-state index contributed by atoms with van der Waals surface area (Å²) in [5.74, 6) is 0. The monoisotopic (exact) mass is 233 g/mol. The third-order valence-electron chi connectivity index (χ3n) is 3.34. The summed E-state index contributed by atoms with van der Waals surface area (Å²) in [6.45, 7) is 5.92. The average Bonchev–Trinajstić information content (AvgIpc) is 2.41. The number of hydrogen-bond acceptors (Lipinski definition) is 3. The maximum Gasteiger partial charge on any atom is 0.0416 e. The van der Waals surface area contributed by atoms with Crippen molar-refractivity contribution in [1.29, 1.82) is 0 Å². The molecule has 3 heteroatoms. The first kappa shape index (κ1) is 12.5. The van der Waals surface area contributed by atoms with Gasteiger partial charge >= 0.3 is 0 Å². The zero-order valence-electron chi connectivity index (χ0n) is 10.6. The Morgan fingerprint density at radius 1 is 1.12 bits per heavy atom. The van der Waals surface area contributed by atoms with Crippen LogP contribution in [0.1, 0.15) is 25.0 Å². The fraction of sp³-hybridized carbons (Fsp3) is 0.643. The Morgan fingerprint density at radius 3 is 2.76 bits per heavy atom. The fourth-order valence-electron chi connectivity index (χ4n) is 2.31. The fourth-order valence-corrected chi connectivity index (χ4v) is 2.31. The van der Waals surface area contributed by atoms with E-state index in [1.807, 2.05) is 12.3 Å². The Bertz CT molecular complexity index is 294. The lowest BCUT2D eigenvalue weighted by molar-refractivity contribution is 0.229. The van der Waals surface area contributed by atoms with Crippen LogP contribution >= 0.6 is 0 Å². The SMILES string of the molecule is c1ccc(CCNCCN2CCCCC2)nc1. The summed E-state index contributed by atoms with van der Waals surface area (Å²) in [4.78, 5) is 6.88. The standard InChI is InChI=1S/C14H23N3/c1-4-11-17(12-5-1)13-10-15-9-7-14-6-2-3-8-16-14/h2-3,6,8,15H,1,4-5,7,9-13H2. The zero-order valence-corrected chi connectivity index (χ0v) is 10.6. The molecule has 1 aliphatic heterocycles. The second-order valence-corrected chi connectivity index (χ2v) is 4.72. The van der Waals surface area contributed by atoms with E-state index in [1.54, 1.807) is 0 Å². The van der Waals surface area contributed by atoms with Crippen molar-refractivity contribution < 1.29 is 0 Å². The van der Waals surface area contributed by atoms with Crippen molar-refractivity contribution in [3.05, 3.63) is 30.1 Å². The second kappa shape index (κ2) is 7.41. The molecule has 1 aliphatic rings. The number of aromatic nitrogens is 1. The van der Waals surface area contributed by atoms with Gasteiger partial charge in [0.2, 0.25) is 0 Å². The van der Waals surface area contributed by atoms with Gasteiger partial charge in [0.1, 0.15) is 0 Å². The highest BCUT2D eigenvalue weighted by Gasteiger charge is 2.08. The van der Waals surface area contributed by atoms with Crippen LogP contribution in [0, 0.1) is 0 Å². The molecule has 3 nitrogen and oxygen atoms in total. The van der Waals surface area contributed by atoms with Crippen molar-refractivity contribution in [3.63, 3.8) is 0 Å². The molecule has 0 amide bonds. The Hall–Kier alpha value is -0.930. The third kappa shape index (κ3) is 4.84. The molecule has 1 aromatic rings. The normalized spacial score (nSPS) is 17.2. The van der Waals surface area contributed by atoms with Crippen LogP contribution in [-0.2, 0) is 6.42 Å². The Kier molecular flexibility index (Phi) is 5.46. The molecule has 1 fully saturated rings. The first-order valence-corrected chi connectivity index (χ1v) is 6.78. The average molecular weight is 233 g/mol. The van der Waals surface area contributed by atoms with Crippen LogP contribution < -0.4 is 5.32 Å². The van der Waals surface area contributed by atoms with Crippen LogP contribution in [-0.4, -0.2) is 42.6 Å². The molecule has 0 bridgehead atoms. The maximum atomic E-state index is 4.32. The summed E-state index contributed by atoms with van der Waals surface area (Å²) in [7, 11) is 0. The zero-order chi connectivity index (χ0) is 11.8. The van der Waals surface area contributed by atoms with E-state index in [9.17, 15) is 0 Å². The molecule has 0 aliphatic carbocycles. The summed E-state index contributed by atoms with van der Waals surface area (Å²) in [6, 6.07) is 6.11. The summed E-state index contributed by atoms with van der Waals surface area (Å²) in [6.07, 6.45) is 7.08. The van der Waals surface area contributed by atoms with Crippen molar-refractivity contribution in [3.8, 4) is 0 Å². The summed E-state index contributed by atoms with van der Waals surface area (Å²) in [5.41, 5.74) is 1.18. The minimum atomic E-state index is 1.03. The summed E-state index contributed by atoms with van der Waals surface area (Å²) in [5, 5.41) is 3.50. The molecule has 0 spiro atoms. The molecule has 0 saturated carbocycles. The highest BCUT2D eigenvalue weighted by molar-refractivity contribution is 5.03. The van der Waals surface area contributed by atoms with Gasteiger partial charge in [-0.05, 0) is 38.1 Å². The lowest BCUT2D eigenvalue weighted by atomic mass is 10.1. The van der Waals surface area contributed by atoms with Crippen LogP contribution in [0.4, 0.5) is 0 Å². The maximum absolute atomic E-state index is 4.32. The molecule has 1 aromatic heterocycles. The first-order valence-electron chi connectivity index (χ1n) is 6.78. The van der Waals surface area contributed by atoms with E-state index in [0.717, 1.165) is 19.5 Å². The Morgan fingerprint density at radius 2 is 2.00 bits per heavy atom. The number of piperidine rings is 1. The summed E-state index contributed by atoms with van der Waals surface area (Å²) >= 11 is 0. The van der Waals surface area contributed by atoms with E-state index >= 15 is 0 Å². The molecule has 0 radical (unpaired) electrons. The van der Waals surface area contributed by atoms with Crippen LogP contribution in [0.5, 0.6) is 0 Å². The van der Waals surface area contributed by atoms with E-state index in [1.165, 1.54) is 44.6 Å². The van der Waals surface area contributed by atoms with Gasteiger partial charge in [0.15, 0.2) is 0 Å². The van der Waals surface area contributed by atoms with Crippen LogP contribution in [0.2, 0.25) is 0 Å². The molecule has 0 atom stereocenters. The number of pyridine rings is 1. The predicted octanol–water partition coefficient (Wildman–Crippen LogP) is 1.70. The smallest absolute Gasteiger partial charge is 0.0416 e. The van der Waals surface area contributed by atoms with Crippen molar-refractivity contribution in [2.75, 3.05) is 32.7 Å².